The number of nitrogens with one attached hydrogen (secondary N) is 1. The Labute approximate surface area is 67.3 Å². The zero-order chi connectivity index (χ0) is 7.52. The highest BCUT2D eigenvalue weighted by Crippen LogP contribution is 2.32. The molecule has 1 aromatic carbocycles. The normalized spacial score (nSPS) is 23.8. The summed E-state index contributed by atoms with van der Waals surface area (Å²) in [5.74, 6) is 0. The molecule has 0 spiro atoms. The largest absolute Gasteiger partial charge is 0.297 e. The van der Waals surface area contributed by atoms with E-state index in [4.69, 9.17) is 4.84 Å². The molecule has 2 rings (SSSR count). The van der Waals surface area contributed by atoms with E-state index < -0.39 is 0 Å². The van der Waals surface area contributed by atoms with Crippen molar-refractivity contribution in [2.75, 3.05) is 12.8 Å². The van der Waals surface area contributed by atoms with E-state index in [0.717, 1.165) is 12.8 Å². The van der Waals surface area contributed by atoms with Gasteiger partial charge in [0.05, 0.1) is 6.61 Å². The predicted octanol–water partition coefficient (Wildman–Crippen LogP) is 1.24. The number of benzene rings is 1. The first-order valence-electron chi connectivity index (χ1n) is 3.67. The molecular formula is C8H10NOP. The minimum atomic E-state index is -0.212. The monoisotopic (exact) mass is 167 g/mol. The van der Waals surface area contributed by atoms with Crippen LogP contribution >= 0.6 is 8.07 Å². The van der Waals surface area contributed by atoms with Gasteiger partial charge in [-0.3, -0.25) is 4.84 Å². The summed E-state index contributed by atoms with van der Waals surface area (Å²) in [5.41, 5.74) is 0. The summed E-state index contributed by atoms with van der Waals surface area (Å²) in [6.45, 7) is 0.848. The van der Waals surface area contributed by atoms with E-state index in [0.29, 0.717) is 0 Å². The van der Waals surface area contributed by atoms with Crippen molar-refractivity contribution in [2.24, 2.45) is 0 Å². The average Bonchev–Trinajstić information content (AvgIpc) is 2.58. The van der Waals surface area contributed by atoms with Crippen molar-refractivity contribution in [2.45, 2.75) is 0 Å². The number of hydrogen-bond acceptors (Lipinski definition) is 2. The van der Waals surface area contributed by atoms with Gasteiger partial charge in [0, 0.05) is 14.2 Å². The van der Waals surface area contributed by atoms with Crippen LogP contribution in [-0.4, -0.2) is 12.8 Å². The van der Waals surface area contributed by atoms with E-state index in [-0.39, 0.29) is 8.07 Å². The summed E-state index contributed by atoms with van der Waals surface area (Å²) in [6.07, 6.45) is 1.14. The average molecular weight is 167 g/mol. The van der Waals surface area contributed by atoms with Gasteiger partial charge in [0.15, 0.2) is 0 Å². The molecule has 1 N–H and O–H groups in total. The third-order valence-corrected chi connectivity index (χ3v) is 3.56. The van der Waals surface area contributed by atoms with Crippen LogP contribution in [0, 0.1) is 0 Å². The smallest absolute Gasteiger partial charge is 0.0741 e. The predicted molar refractivity (Wildman–Crippen MR) is 47.0 cm³/mol. The number of rotatable bonds is 1. The molecule has 58 valence electrons. The highest BCUT2D eigenvalue weighted by Gasteiger charge is 2.15. The van der Waals surface area contributed by atoms with Gasteiger partial charge in [-0.15, -0.1) is 0 Å². The molecule has 0 aromatic heterocycles. The van der Waals surface area contributed by atoms with Gasteiger partial charge in [-0.05, 0) is 5.30 Å². The van der Waals surface area contributed by atoms with E-state index in [9.17, 15) is 0 Å². The zero-order valence-electron chi connectivity index (χ0n) is 6.16. The Morgan fingerprint density at radius 2 is 2.09 bits per heavy atom. The first-order valence-corrected chi connectivity index (χ1v) is 5.19. The van der Waals surface area contributed by atoms with E-state index in [1.165, 1.54) is 5.30 Å². The highest BCUT2D eigenvalue weighted by molar-refractivity contribution is 7.63. The first kappa shape index (κ1) is 7.23. The number of hydrogen-bond donors (Lipinski definition) is 1. The zero-order valence-corrected chi connectivity index (χ0v) is 7.05. The Morgan fingerprint density at radius 3 is 2.73 bits per heavy atom. The van der Waals surface area contributed by atoms with Gasteiger partial charge in [-0.1, -0.05) is 30.3 Å². The maximum Gasteiger partial charge on any atom is 0.0741 e. The van der Waals surface area contributed by atoms with Gasteiger partial charge in [0.1, 0.15) is 0 Å². The van der Waals surface area contributed by atoms with Gasteiger partial charge in [0.25, 0.3) is 0 Å². The van der Waals surface area contributed by atoms with Crippen LogP contribution in [0.3, 0.4) is 0 Å². The SMILES string of the molecule is c1ccc(P2CCON2)cc1. The second-order valence-corrected chi connectivity index (χ2v) is 4.43. The molecule has 3 heteroatoms. The molecule has 0 amide bonds. The Bertz CT molecular complexity index is 221. The molecular weight excluding hydrogens is 157 g/mol. The third-order valence-electron chi connectivity index (χ3n) is 1.66. The second kappa shape index (κ2) is 3.31. The lowest BCUT2D eigenvalue weighted by Gasteiger charge is -2.06. The fourth-order valence-electron chi connectivity index (χ4n) is 1.10. The van der Waals surface area contributed by atoms with Crippen LogP contribution in [0.15, 0.2) is 30.3 Å². The Morgan fingerprint density at radius 1 is 1.27 bits per heavy atom. The van der Waals surface area contributed by atoms with Crippen molar-refractivity contribution in [1.29, 1.82) is 0 Å². The van der Waals surface area contributed by atoms with Crippen LogP contribution in [0.1, 0.15) is 0 Å². The van der Waals surface area contributed by atoms with Crippen molar-refractivity contribution in [3.8, 4) is 0 Å². The summed E-state index contributed by atoms with van der Waals surface area (Å²) in [7, 11) is -0.212. The van der Waals surface area contributed by atoms with E-state index >= 15 is 0 Å². The van der Waals surface area contributed by atoms with Crippen LogP contribution in [0.25, 0.3) is 0 Å². The lowest BCUT2D eigenvalue weighted by Crippen LogP contribution is -2.07. The molecule has 11 heavy (non-hydrogen) atoms. The lowest BCUT2D eigenvalue weighted by molar-refractivity contribution is 0.131. The van der Waals surface area contributed by atoms with Crippen LogP contribution in [0.5, 0.6) is 0 Å². The van der Waals surface area contributed by atoms with Gasteiger partial charge in [-0.25, -0.2) is 0 Å². The van der Waals surface area contributed by atoms with E-state index in [1.807, 2.05) is 6.07 Å². The third kappa shape index (κ3) is 1.59. The van der Waals surface area contributed by atoms with Gasteiger partial charge in [0.2, 0.25) is 0 Å². The maximum atomic E-state index is 5.09. The van der Waals surface area contributed by atoms with E-state index in [2.05, 4.69) is 29.5 Å². The van der Waals surface area contributed by atoms with Crippen molar-refractivity contribution in [3.05, 3.63) is 30.3 Å². The standard InChI is InChI=1S/C8H10NOP/c1-2-4-8(5-3-1)11-7-6-10-9-11/h1-5,9H,6-7H2. The lowest BCUT2D eigenvalue weighted by atomic mass is 10.4. The van der Waals surface area contributed by atoms with Crippen LogP contribution in [0.4, 0.5) is 0 Å². The quantitative estimate of drug-likeness (QED) is 0.635. The molecule has 0 saturated carbocycles. The van der Waals surface area contributed by atoms with Crippen LogP contribution < -0.4 is 10.6 Å². The van der Waals surface area contributed by atoms with Crippen molar-refractivity contribution in [3.63, 3.8) is 0 Å². The molecule has 0 bridgehead atoms. The Hall–Kier alpha value is -0.430. The fourth-order valence-corrected chi connectivity index (χ4v) is 2.60. The van der Waals surface area contributed by atoms with Crippen molar-refractivity contribution < 1.29 is 4.84 Å². The van der Waals surface area contributed by atoms with Crippen molar-refractivity contribution in [1.82, 2.24) is 5.25 Å². The first-order chi connectivity index (χ1) is 5.47. The van der Waals surface area contributed by atoms with Crippen LogP contribution in [0.2, 0.25) is 0 Å². The molecule has 1 aliphatic heterocycles. The molecule has 1 aliphatic rings. The highest BCUT2D eigenvalue weighted by atomic mass is 31.1. The molecule has 1 fully saturated rings. The topological polar surface area (TPSA) is 21.3 Å². The maximum absolute atomic E-state index is 5.09. The minimum absolute atomic E-state index is 0.212. The second-order valence-electron chi connectivity index (χ2n) is 2.43. The molecule has 0 radical (unpaired) electrons. The molecule has 1 unspecified atom stereocenters. The van der Waals surface area contributed by atoms with Gasteiger partial charge >= 0.3 is 0 Å². The molecule has 2 nitrogen and oxygen atoms in total. The minimum Gasteiger partial charge on any atom is -0.297 e. The van der Waals surface area contributed by atoms with Gasteiger partial charge in [-0.2, -0.15) is 5.25 Å². The summed E-state index contributed by atoms with van der Waals surface area (Å²) in [5, 5.41) is 4.41. The summed E-state index contributed by atoms with van der Waals surface area (Å²) in [4.78, 5) is 5.09. The van der Waals surface area contributed by atoms with E-state index in [1.54, 1.807) is 0 Å². The summed E-state index contributed by atoms with van der Waals surface area (Å²) >= 11 is 0. The van der Waals surface area contributed by atoms with Crippen molar-refractivity contribution >= 4 is 13.4 Å². The molecule has 1 saturated heterocycles. The fraction of sp³-hybridized carbons (Fsp3) is 0.250. The molecule has 0 aliphatic carbocycles. The van der Waals surface area contributed by atoms with Crippen LogP contribution in [-0.2, 0) is 4.84 Å². The molecule has 1 heterocycles. The Balaban J connectivity index is 2.16. The molecule has 1 aromatic rings. The Kier molecular flexibility index (Phi) is 2.18. The summed E-state index contributed by atoms with van der Waals surface area (Å²) in [6, 6.07) is 10.5. The summed E-state index contributed by atoms with van der Waals surface area (Å²) < 4.78 is 0. The van der Waals surface area contributed by atoms with Gasteiger partial charge < -0.3 is 0 Å². The molecule has 1 atom stereocenters.